The van der Waals surface area contributed by atoms with Crippen LogP contribution in [0, 0.1) is 0 Å². The number of hydrogen-bond acceptors (Lipinski definition) is 15. The highest BCUT2D eigenvalue weighted by Crippen LogP contribution is 2.45. The molecule has 0 aliphatic rings. The Morgan fingerprint density at radius 2 is 0.464 bits per heavy atom. The van der Waals surface area contributed by atoms with Gasteiger partial charge in [-0.3, -0.25) is 37.3 Å². The van der Waals surface area contributed by atoms with Crippen LogP contribution in [0.3, 0.4) is 0 Å². The third kappa shape index (κ3) is 80.6. The third-order valence-electron chi connectivity index (χ3n) is 15.5. The maximum Gasteiger partial charge on any atom is 0.472 e. The van der Waals surface area contributed by atoms with Crippen molar-refractivity contribution in [2.45, 2.75) is 264 Å². The van der Waals surface area contributed by atoms with Gasteiger partial charge in [0.05, 0.1) is 26.4 Å². The van der Waals surface area contributed by atoms with E-state index >= 15 is 0 Å². The average molecular weight is 1590 g/mol. The van der Waals surface area contributed by atoms with Gasteiger partial charge in [-0.2, -0.15) is 0 Å². The van der Waals surface area contributed by atoms with Gasteiger partial charge in [0, 0.05) is 25.7 Å². The predicted octanol–water partition coefficient (Wildman–Crippen LogP) is 24.5. The van der Waals surface area contributed by atoms with E-state index in [-0.39, 0.29) is 25.7 Å². The molecule has 0 radical (unpaired) electrons. The van der Waals surface area contributed by atoms with Crippen molar-refractivity contribution in [1.29, 1.82) is 0 Å². The van der Waals surface area contributed by atoms with Crippen molar-refractivity contribution >= 4 is 39.5 Å². The standard InChI is InChI=1S/C93H140O17P2/c1-5-9-13-17-21-25-29-33-37-41-43-47-50-54-58-62-66-70-74-78-91(96)104-84-89(110-93(98)80-76-72-68-64-60-56-52-48-44-42-38-34-30-26-22-18-14-10-6-2)86-108-112(101,102)106-82-87(94)81-105-111(99,100)107-85-88(109-92(97)79-75-71-67-63-59-55-51-46-40-36-32-28-24-20-16-12-8-4)83-103-90(95)77-73-69-65-61-57-53-49-45-39-35-31-27-23-19-15-11-7-3/h9-16,21-28,33-40,43-44,47-49,51,53-56,58,60-61,65-66,68,70,72,87-89,94H,5-8,17-20,29-32,41-42,45-46,50,52,57,59,62-64,67,69,71,73-86H2,1-4H3,(H,99,100)(H,101,102)/b13-9-,14-10-,15-11-,16-12-,25-21-,26-22-,27-23-,28-24-,37-33-,38-34-,39-35-,40-36-,47-43-,48-44-,53-49-,55-51-,58-54-,60-56-,65-61-,70-66-,72-68-. The van der Waals surface area contributed by atoms with Gasteiger partial charge in [0.1, 0.15) is 19.3 Å². The highest BCUT2D eigenvalue weighted by atomic mass is 31.2. The lowest BCUT2D eigenvalue weighted by Crippen LogP contribution is -2.30. The molecule has 0 aromatic rings. The molecule has 0 spiro atoms. The van der Waals surface area contributed by atoms with Crippen LogP contribution in [0.1, 0.15) is 246 Å². The van der Waals surface area contributed by atoms with Crippen LogP contribution in [-0.2, 0) is 65.4 Å². The molecule has 624 valence electrons. The Balaban J connectivity index is 5.64. The summed E-state index contributed by atoms with van der Waals surface area (Å²) in [7, 11) is -10.1. The molecule has 3 N–H and O–H groups in total. The van der Waals surface area contributed by atoms with E-state index in [1.807, 2.05) is 48.6 Å². The van der Waals surface area contributed by atoms with Crippen molar-refractivity contribution in [1.82, 2.24) is 0 Å². The molecule has 112 heavy (non-hydrogen) atoms. The number of rotatable bonds is 73. The Morgan fingerprint density at radius 1 is 0.250 bits per heavy atom. The first-order valence-corrected chi connectivity index (χ1v) is 43.9. The second-order valence-corrected chi connectivity index (χ2v) is 28.7. The summed E-state index contributed by atoms with van der Waals surface area (Å²) in [5.41, 5.74) is 0. The summed E-state index contributed by atoms with van der Waals surface area (Å²) in [5, 5.41) is 10.7. The molecule has 0 aliphatic carbocycles. The minimum atomic E-state index is -5.04. The van der Waals surface area contributed by atoms with Crippen molar-refractivity contribution in [3.8, 4) is 0 Å². The number of unbranched alkanes of at least 4 members (excludes halogenated alkanes) is 5. The maximum atomic E-state index is 13.1. The molecule has 5 unspecified atom stereocenters. The molecule has 0 aliphatic heterocycles. The van der Waals surface area contributed by atoms with E-state index < -0.39 is 97.5 Å². The van der Waals surface area contributed by atoms with E-state index in [2.05, 4.69) is 234 Å². The van der Waals surface area contributed by atoms with E-state index in [1.54, 1.807) is 0 Å². The van der Waals surface area contributed by atoms with Gasteiger partial charge in [0.15, 0.2) is 12.2 Å². The van der Waals surface area contributed by atoms with Crippen LogP contribution in [0.25, 0.3) is 0 Å². The van der Waals surface area contributed by atoms with Crippen LogP contribution in [0.15, 0.2) is 255 Å². The minimum Gasteiger partial charge on any atom is -0.462 e. The third-order valence-corrected chi connectivity index (χ3v) is 17.4. The SMILES string of the molecule is CC/C=C\C/C=C\C/C=C\C/C=C\C/C=C\C/C=C\CCC(=O)OCC(COP(=O)(O)OCC(O)COP(=O)(O)OCC(COC(=O)CCC/C=C\C/C=C\C/C=C\C/C=C\C/C=C\CC)OC(=O)CCCCCC/C=C\C/C=C\C/C=C\C/C=C\CC)OC(=O)CC/C=C\C/C=C\C/C=C\C/C=C\C/C=C\C/C=C\CC. The number of allylic oxidation sites excluding steroid dienone is 42. The summed E-state index contributed by atoms with van der Waals surface area (Å²) >= 11 is 0. The van der Waals surface area contributed by atoms with Gasteiger partial charge in [0.2, 0.25) is 0 Å². The lowest BCUT2D eigenvalue weighted by molar-refractivity contribution is -0.161. The minimum absolute atomic E-state index is 0.00637. The summed E-state index contributed by atoms with van der Waals surface area (Å²) in [5.74, 6) is -2.51. The van der Waals surface area contributed by atoms with Gasteiger partial charge in [-0.25, -0.2) is 9.13 Å². The molecule has 5 atom stereocenters. The molecule has 0 fully saturated rings. The van der Waals surface area contributed by atoms with Crippen LogP contribution in [0.2, 0.25) is 0 Å². The largest absolute Gasteiger partial charge is 0.472 e. The van der Waals surface area contributed by atoms with Crippen molar-refractivity contribution in [3.63, 3.8) is 0 Å². The number of hydrogen-bond donors (Lipinski definition) is 3. The first-order chi connectivity index (χ1) is 54.7. The van der Waals surface area contributed by atoms with Crippen molar-refractivity contribution < 1.29 is 80.2 Å². The van der Waals surface area contributed by atoms with Gasteiger partial charge < -0.3 is 33.8 Å². The Labute approximate surface area is 675 Å². The predicted molar refractivity (Wildman–Crippen MR) is 463 cm³/mol. The normalized spacial score (nSPS) is 15.1. The van der Waals surface area contributed by atoms with Gasteiger partial charge >= 0.3 is 39.5 Å². The van der Waals surface area contributed by atoms with E-state index in [4.69, 9.17) is 37.0 Å². The fourth-order valence-electron chi connectivity index (χ4n) is 9.47. The molecule has 0 amide bonds. The van der Waals surface area contributed by atoms with E-state index in [1.165, 1.54) is 0 Å². The summed E-state index contributed by atoms with van der Waals surface area (Å²) in [6, 6.07) is 0. The molecule has 0 saturated carbocycles. The zero-order chi connectivity index (χ0) is 81.7. The number of carbonyl (C=O) groups is 4. The number of ether oxygens (including phenoxy) is 4. The van der Waals surface area contributed by atoms with Crippen LogP contribution in [0.5, 0.6) is 0 Å². The second kappa shape index (κ2) is 81.6. The van der Waals surface area contributed by atoms with Crippen LogP contribution in [0.4, 0.5) is 0 Å². The lowest BCUT2D eigenvalue weighted by Gasteiger charge is -2.21. The number of phosphoric acid groups is 2. The summed E-state index contributed by atoms with van der Waals surface area (Å²) in [6.07, 6.45) is 109. The maximum absolute atomic E-state index is 13.1. The molecule has 0 aromatic heterocycles. The van der Waals surface area contributed by atoms with Crippen molar-refractivity contribution in [3.05, 3.63) is 255 Å². The zero-order valence-corrected chi connectivity index (χ0v) is 70.0. The smallest absolute Gasteiger partial charge is 0.462 e. The fourth-order valence-corrected chi connectivity index (χ4v) is 11.1. The lowest BCUT2D eigenvalue weighted by atomic mass is 10.1. The van der Waals surface area contributed by atoms with Crippen molar-refractivity contribution in [2.75, 3.05) is 39.6 Å². The molecule has 0 heterocycles. The van der Waals surface area contributed by atoms with E-state index in [0.717, 1.165) is 148 Å². The number of aliphatic hydroxyl groups is 1. The number of esters is 4. The summed E-state index contributed by atoms with van der Waals surface area (Å²) < 4.78 is 68.5. The molecule has 0 aromatic carbocycles. The molecule has 0 bridgehead atoms. The number of aliphatic hydroxyl groups excluding tert-OH is 1. The molecule has 0 saturated heterocycles. The van der Waals surface area contributed by atoms with Crippen molar-refractivity contribution in [2.24, 2.45) is 0 Å². The van der Waals surface area contributed by atoms with Crippen LogP contribution in [-0.4, -0.2) is 96.7 Å². The molecule has 0 rings (SSSR count). The van der Waals surface area contributed by atoms with E-state index in [9.17, 15) is 43.2 Å². The van der Waals surface area contributed by atoms with Gasteiger partial charge in [-0.15, -0.1) is 0 Å². The average Bonchev–Trinajstić information content (AvgIpc) is 0.898. The molecular formula is C93H140O17P2. The summed E-state index contributed by atoms with van der Waals surface area (Å²) in [6.45, 7) is 4.10. The monoisotopic (exact) mass is 1590 g/mol. The van der Waals surface area contributed by atoms with Gasteiger partial charge in [0.25, 0.3) is 0 Å². The Hall–Kier alpha value is -7.40. The highest BCUT2D eigenvalue weighted by molar-refractivity contribution is 7.47. The van der Waals surface area contributed by atoms with Gasteiger partial charge in [-0.05, 0) is 180 Å². The fraction of sp³-hybridized carbons (Fsp3) is 0.505. The highest BCUT2D eigenvalue weighted by Gasteiger charge is 2.30. The second-order valence-electron chi connectivity index (χ2n) is 25.8. The number of phosphoric ester groups is 2. The van der Waals surface area contributed by atoms with Crippen LogP contribution < -0.4 is 0 Å². The topological polar surface area (TPSA) is 237 Å². The number of carbonyl (C=O) groups excluding carboxylic acids is 4. The quantitative estimate of drug-likeness (QED) is 0.0169. The van der Waals surface area contributed by atoms with E-state index in [0.29, 0.717) is 44.9 Å². The Bertz CT molecular complexity index is 3140. The molecule has 17 nitrogen and oxygen atoms in total. The molecular weight excluding hydrogens is 1450 g/mol. The molecule has 19 heteroatoms. The van der Waals surface area contributed by atoms with Crippen LogP contribution >= 0.6 is 15.6 Å². The van der Waals surface area contributed by atoms with Gasteiger partial charge in [-0.1, -0.05) is 296 Å². The zero-order valence-electron chi connectivity index (χ0n) is 68.2. The Morgan fingerprint density at radius 3 is 0.759 bits per heavy atom. The Kier molecular flexibility index (Phi) is 76.2. The summed E-state index contributed by atoms with van der Waals surface area (Å²) in [4.78, 5) is 73.1. The first-order valence-electron chi connectivity index (χ1n) is 40.9. The first kappa shape index (κ1) is 105.